The van der Waals surface area contributed by atoms with Gasteiger partial charge in [-0.05, 0) is 19.1 Å². The molecule has 0 saturated carbocycles. The van der Waals surface area contributed by atoms with Crippen molar-refractivity contribution in [3.63, 3.8) is 0 Å². The van der Waals surface area contributed by atoms with Crippen molar-refractivity contribution < 1.29 is 12.8 Å². The van der Waals surface area contributed by atoms with Gasteiger partial charge in [-0.25, -0.2) is 12.8 Å². The summed E-state index contributed by atoms with van der Waals surface area (Å²) in [7, 11) is -3.81. The first-order valence-corrected chi connectivity index (χ1v) is 7.90. The summed E-state index contributed by atoms with van der Waals surface area (Å²) >= 11 is 11.7. The van der Waals surface area contributed by atoms with Gasteiger partial charge in [0.05, 0.1) is 10.0 Å². The van der Waals surface area contributed by atoms with Gasteiger partial charge in [0, 0.05) is 25.7 Å². The average Bonchev–Trinajstić information content (AvgIpc) is 2.26. The standard InChI is InChI=1S/C11H13Cl2FN2O2S.ClH/c1-7-6-16(3-2-15-7)19(17,18)11-9(12)4-8(14)5-10(11)13;/h4-5,7,15H,2-3,6H2,1H3;1H. The number of rotatable bonds is 2. The van der Waals surface area contributed by atoms with E-state index < -0.39 is 15.8 Å². The van der Waals surface area contributed by atoms with E-state index >= 15 is 0 Å². The molecule has 1 atom stereocenters. The molecule has 0 bridgehead atoms. The van der Waals surface area contributed by atoms with Crippen molar-refractivity contribution in [2.45, 2.75) is 17.9 Å². The SMILES string of the molecule is CC1CN(S(=O)(=O)c2c(Cl)cc(F)cc2Cl)CCN1.Cl. The Hall–Kier alpha value is -0.110. The maximum atomic E-state index is 13.1. The van der Waals surface area contributed by atoms with Crippen molar-refractivity contribution in [2.75, 3.05) is 19.6 Å². The molecule has 0 spiro atoms. The summed E-state index contributed by atoms with van der Waals surface area (Å²) in [5.74, 6) is -0.664. The van der Waals surface area contributed by atoms with Gasteiger partial charge in [-0.2, -0.15) is 4.31 Å². The summed E-state index contributed by atoms with van der Waals surface area (Å²) in [5, 5.41) is 2.75. The van der Waals surface area contributed by atoms with Gasteiger partial charge in [0.2, 0.25) is 10.0 Å². The van der Waals surface area contributed by atoms with Crippen LogP contribution in [-0.2, 0) is 10.0 Å². The second-order valence-electron chi connectivity index (χ2n) is 4.42. The molecule has 1 fully saturated rings. The molecule has 1 aliphatic heterocycles. The third-order valence-corrected chi connectivity index (χ3v) is 5.68. The number of hydrogen-bond donors (Lipinski definition) is 1. The van der Waals surface area contributed by atoms with Crippen LogP contribution in [0.15, 0.2) is 17.0 Å². The lowest BCUT2D eigenvalue weighted by atomic mass is 10.3. The Balaban J connectivity index is 0.00000200. The molecule has 1 unspecified atom stereocenters. The van der Waals surface area contributed by atoms with E-state index in [4.69, 9.17) is 23.2 Å². The smallest absolute Gasteiger partial charge is 0.246 e. The van der Waals surface area contributed by atoms with E-state index in [-0.39, 0.29) is 33.4 Å². The third kappa shape index (κ3) is 3.55. The number of nitrogens with zero attached hydrogens (tertiary/aromatic N) is 1. The predicted octanol–water partition coefficient (Wildman–Crippen LogP) is 2.54. The first-order valence-electron chi connectivity index (χ1n) is 5.70. The number of halogens is 4. The summed E-state index contributed by atoms with van der Waals surface area (Å²) in [6.45, 7) is 3.09. The van der Waals surface area contributed by atoms with Crippen molar-refractivity contribution in [1.29, 1.82) is 0 Å². The molecule has 1 heterocycles. The summed E-state index contributed by atoms with van der Waals surface area (Å²) in [4.78, 5) is -0.230. The number of hydrogen-bond acceptors (Lipinski definition) is 3. The molecule has 0 aliphatic carbocycles. The first-order chi connectivity index (χ1) is 8.82. The molecule has 0 radical (unpaired) electrons. The number of benzene rings is 1. The maximum Gasteiger partial charge on any atom is 0.246 e. The highest BCUT2D eigenvalue weighted by Crippen LogP contribution is 2.32. The van der Waals surface area contributed by atoms with Crippen molar-refractivity contribution in [3.8, 4) is 0 Å². The Kier molecular flexibility index (Phi) is 6.07. The molecule has 0 aromatic heterocycles. The van der Waals surface area contributed by atoms with E-state index in [9.17, 15) is 12.8 Å². The second kappa shape index (κ2) is 6.77. The van der Waals surface area contributed by atoms with Gasteiger partial charge in [-0.3, -0.25) is 0 Å². The maximum absolute atomic E-state index is 13.1. The van der Waals surface area contributed by atoms with E-state index in [0.29, 0.717) is 19.6 Å². The molecular weight excluding hydrogens is 350 g/mol. The molecule has 1 aliphatic rings. The Morgan fingerprint density at radius 2 is 1.90 bits per heavy atom. The first kappa shape index (κ1) is 17.9. The molecule has 0 amide bonds. The van der Waals surface area contributed by atoms with Crippen LogP contribution in [0.3, 0.4) is 0 Å². The molecule has 1 N–H and O–H groups in total. The minimum atomic E-state index is -3.81. The number of piperazine rings is 1. The van der Waals surface area contributed by atoms with E-state index in [0.717, 1.165) is 12.1 Å². The normalized spacial score (nSPS) is 20.5. The van der Waals surface area contributed by atoms with Gasteiger partial charge in [0.1, 0.15) is 10.7 Å². The Morgan fingerprint density at radius 3 is 2.40 bits per heavy atom. The molecule has 1 aromatic rings. The summed E-state index contributed by atoms with van der Waals surface area (Å²) in [5.41, 5.74) is 0. The van der Waals surface area contributed by atoms with Gasteiger partial charge in [0.15, 0.2) is 0 Å². The topological polar surface area (TPSA) is 49.4 Å². The molecule has 9 heteroatoms. The fourth-order valence-electron chi connectivity index (χ4n) is 2.02. The van der Waals surface area contributed by atoms with Crippen molar-refractivity contribution in [2.24, 2.45) is 0 Å². The van der Waals surface area contributed by atoms with Crippen LogP contribution in [0.25, 0.3) is 0 Å². The van der Waals surface area contributed by atoms with Gasteiger partial charge in [0.25, 0.3) is 0 Å². The fourth-order valence-corrected chi connectivity index (χ4v) is 4.69. The molecule has 2 rings (SSSR count). The van der Waals surface area contributed by atoms with Crippen molar-refractivity contribution >= 4 is 45.6 Å². The Bertz CT molecular complexity index is 574. The highest BCUT2D eigenvalue weighted by Gasteiger charge is 2.32. The predicted molar refractivity (Wildman–Crippen MR) is 79.9 cm³/mol. The lowest BCUT2D eigenvalue weighted by molar-refractivity contribution is 0.310. The summed E-state index contributed by atoms with van der Waals surface area (Å²) in [6, 6.07) is 1.94. The van der Waals surface area contributed by atoms with Crippen LogP contribution in [0.2, 0.25) is 10.0 Å². The zero-order valence-corrected chi connectivity index (χ0v) is 13.7. The zero-order valence-electron chi connectivity index (χ0n) is 10.6. The minimum Gasteiger partial charge on any atom is -0.312 e. The van der Waals surface area contributed by atoms with Crippen LogP contribution in [-0.4, -0.2) is 38.4 Å². The fraction of sp³-hybridized carbons (Fsp3) is 0.455. The molecular formula is C11H14Cl3FN2O2S. The van der Waals surface area contributed by atoms with Gasteiger partial charge >= 0.3 is 0 Å². The number of sulfonamides is 1. The highest BCUT2D eigenvalue weighted by molar-refractivity contribution is 7.89. The quantitative estimate of drug-likeness (QED) is 0.878. The molecule has 4 nitrogen and oxygen atoms in total. The van der Waals surface area contributed by atoms with Crippen molar-refractivity contribution in [1.82, 2.24) is 9.62 Å². The lowest BCUT2D eigenvalue weighted by Crippen LogP contribution is -2.51. The zero-order chi connectivity index (χ0) is 14.2. The van der Waals surface area contributed by atoms with Crippen molar-refractivity contribution in [3.05, 3.63) is 28.0 Å². The van der Waals surface area contributed by atoms with Crippen LogP contribution in [0.4, 0.5) is 4.39 Å². The number of nitrogens with one attached hydrogen (secondary N) is 1. The molecule has 1 saturated heterocycles. The molecule has 1 aromatic carbocycles. The van der Waals surface area contributed by atoms with Gasteiger partial charge < -0.3 is 5.32 Å². The third-order valence-electron chi connectivity index (χ3n) is 2.89. The molecule has 20 heavy (non-hydrogen) atoms. The van der Waals surface area contributed by atoms with Gasteiger partial charge in [-0.1, -0.05) is 23.2 Å². The van der Waals surface area contributed by atoms with Crippen LogP contribution in [0, 0.1) is 5.82 Å². The largest absolute Gasteiger partial charge is 0.312 e. The van der Waals surface area contributed by atoms with Crippen LogP contribution < -0.4 is 5.32 Å². The Morgan fingerprint density at radius 1 is 1.35 bits per heavy atom. The van der Waals surface area contributed by atoms with Crippen LogP contribution in [0.5, 0.6) is 0 Å². The van der Waals surface area contributed by atoms with Crippen LogP contribution >= 0.6 is 35.6 Å². The van der Waals surface area contributed by atoms with E-state index in [1.54, 1.807) is 0 Å². The monoisotopic (exact) mass is 362 g/mol. The van der Waals surface area contributed by atoms with E-state index in [1.807, 2.05) is 6.92 Å². The van der Waals surface area contributed by atoms with Gasteiger partial charge in [-0.15, -0.1) is 12.4 Å². The minimum absolute atomic E-state index is 0. The van der Waals surface area contributed by atoms with E-state index in [1.165, 1.54) is 4.31 Å². The highest BCUT2D eigenvalue weighted by atomic mass is 35.5. The Labute approximate surface area is 133 Å². The summed E-state index contributed by atoms with van der Waals surface area (Å²) in [6.07, 6.45) is 0. The second-order valence-corrected chi connectivity index (χ2v) is 7.11. The van der Waals surface area contributed by atoms with Crippen LogP contribution in [0.1, 0.15) is 6.92 Å². The average molecular weight is 364 g/mol. The van der Waals surface area contributed by atoms with E-state index in [2.05, 4.69) is 5.32 Å². The molecule has 114 valence electrons. The summed E-state index contributed by atoms with van der Waals surface area (Å²) < 4.78 is 39.4. The lowest BCUT2D eigenvalue weighted by Gasteiger charge is -2.31.